The molecule has 0 aliphatic heterocycles. The summed E-state index contributed by atoms with van der Waals surface area (Å²) in [5.41, 5.74) is 2.87. The minimum Gasteiger partial charge on any atom is -0.324 e. The van der Waals surface area contributed by atoms with Crippen LogP contribution in [0.2, 0.25) is 0 Å². The monoisotopic (exact) mass is 308 g/mol. The van der Waals surface area contributed by atoms with Crippen molar-refractivity contribution in [3.8, 4) is 0 Å². The number of carbonyl (C=O) groups excluding carboxylic acids is 1. The predicted molar refractivity (Wildman–Crippen MR) is 92.3 cm³/mol. The van der Waals surface area contributed by atoms with E-state index in [2.05, 4.69) is 10.3 Å². The van der Waals surface area contributed by atoms with Crippen LogP contribution in [0, 0.1) is 6.92 Å². The Morgan fingerprint density at radius 3 is 2.73 bits per heavy atom. The number of para-hydroxylation sites is 1. The first-order chi connectivity index (χ1) is 10.7. The summed E-state index contributed by atoms with van der Waals surface area (Å²) in [4.78, 5) is 17.5. The van der Waals surface area contributed by atoms with Crippen molar-refractivity contribution in [3.05, 3.63) is 66.4 Å². The number of thioether (sulfide) groups is 1. The van der Waals surface area contributed by atoms with E-state index in [1.807, 2.05) is 61.5 Å². The first-order valence-corrected chi connectivity index (χ1v) is 8.03. The van der Waals surface area contributed by atoms with Crippen molar-refractivity contribution in [2.75, 3.05) is 11.1 Å². The van der Waals surface area contributed by atoms with Gasteiger partial charge in [0, 0.05) is 10.3 Å². The topological polar surface area (TPSA) is 42.0 Å². The molecule has 0 unspecified atom stereocenters. The quantitative estimate of drug-likeness (QED) is 0.732. The summed E-state index contributed by atoms with van der Waals surface area (Å²) >= 11 is 1.53. The molecule has 1 aromatic heterocycles. The van der Waals surface area contributed by atoms with Crippen molar-refractivity contribution < 1.29 is 4.79 Å². The van der Waals surface area contributed by atoms with Crippen molar-refractivity contribution >= 4 is 34.3 Å². The van der Waals surface area contributed by atoms with Gasteiger partial charge in [-0.2, -0.15) is 0 Å². The number of pyridine rings is 1. The van der Waals surface area contributed by atoms with Crippen molar-refractivity contribution in [2.45, 2.75) is 11.8 Å². The van der Waals surface area contributed by atoms with Crippen molar-refractivity contribution in [3.63, 3.8) is 0 Å². The van der Waals surface area contributed by atoms with Gasteiger partial charge in [0.15, 0.2) is 0 Å². The second-order valence-electron chi connectivity index (χ2n) is 5.07. The highest BCUT2D eigenvalue weighted by molar-refractivity contribution is 8.00. The molecule has 4 heteroatoms. The maximum Gasteiger partial charge on any atom is 0.234 e. The Labute approximate surface area is 133 Å². The third kappa shape index (κ3) is 3.65. The molecule has 0 spiro atoms. The number of aryl methyl sites for hydroxylation is 1. The molecule has 3 aromatic rings. The number of nitrogens with zero attached hydrogens (tertiary/aromatic N) is 1. The third-order valence-corrected chi connectivity index (χ3v) is 4.28. The van der Waals surface area contributed by atoms with Crippen LogP contribution in [0.25, 0.3) is 10.9 Å². The number of amides is 1. The number of fused-ring (bicyclic) bond motifs is 1. The Bertz CT molecular complexity index is 800. The summed E-state index contributed by atoms with van der Waals surface area (Å²) in [7, 11) is 0. The Balaban J connectivity index is 1.61. The fourth-order valence-electron chi connectivity index (χ4n) is 2.12. The highest BCUT2D eigenvalue weighted by atomic mass is 32.2. The molecule has 1 amide bonds. The summed E-state index contributed by atoms with van der Waals surface area (Å²) in [5, 5.41) is 3.91. The SMILES string of the molecule is Cc1ccc(SCC(=O)Nc2cnc3ccccc3c2)cc1. The summed E-state index contributed by atoms with van der Waals surface area (Å²) in [6, 6.07) is 18.0. The van der Waals surface area contributed by atoms with Gasteiger partial charge in [-0.3, -0.25) is 9.78 Å². The van der Waals surface area contributed by atoms with Gasteiger partial charge in [-0.25, -0.2) is 0 Å². The average molecular weight is 308 g/mol. The number of rotatable bonds is 4. The van der Waals surface area contributed by atoms with E-state index in [0.717, 1.165) is 21.5 Å². The van der Waals surface area contributed by atoms with Crippen LogP contribution in [0.15, 0.2) is 65.7 Å². The van der Waals surface area contributed by atoms with Gasteiger partial charge in [0.25, 0.3) is 0 Å². The first kappa shape index (κ1) is 14.6. The minimum atomic E-state index is -0.0253. The molecule has 3 rings (SSSR count). The fraction of sp³-hybridized carbons (Fsp3) is 0.111. The molecule has 110 valence electrons. The van der Waals surface area contributed by atoms with Gasteiger partial charge in [0.05, 0.1) is 23.2 Å². The summed E-state index contributed by atoms with van der Waals surface area (Å²) < 4.78 is 0. The lowest BCUT2D eigenvalue weighted by Gasteiger charge is -2.06. The number of hydrogen-bond acceptors (Lipinski definition) is 3. The molecule has 0 fully saturated rings. The molecular weight excluding hydrogens is 292 g/mol. The molecule has 0 radical (unpaired) electrons. The number of nitrogens with one attached hydrogen (secondary N) is 1. The second kappa shape index (κ2) is 6.62. The Morgan fingerprint density at radius 2 is 1.91 bits per heavy atom. The largest absolute Gasteiger partial charge is 0.324 e. The summed E-state index contributed by atoms with van der Waals surface area (Å²) in [6.07, 6.45) is 1.69. The van der Waals surface area contributed by atoms with Crippen LogP contribution in [0.3, 0.4) is 0 Å². The highest BCUT2D eigenvalue weighted by Crippen LogP contribution is 2.19. The molecule has 1 heterocycles. The van der Waals surface area contributed by atoms with Crippen LogP contribution < -0.4 is 5.32 Å². The molecule has 0 atom stereocenters. The molecule has 0 aliphatic carbocycles. The van der Waals surface area contributed by atoms with Gasteiger partial charge in [-0.05, 0) is 31.2 Å². The molecule has 2 aromatic carbocycles. The Kier molecular flexibility index (Phi) is 4.39. The highest BCUT2D eigenvalue weighted by Gasteiger charge is 2.05. The van der Waals surface area contributed by atoms with Gasteiger partial charge in [-0.1, -0.05) is 35.9 Å². The summed E-state index contributed by atoms with van der Waals surface area (Å²) in [6.45, 7) is 2.05. The van der Waals surface area contributed by atoms with Gasteiger partial charge in [0.1, 0.15) is 0 Å². The van der Waals surface area contributed by atoms with Crippen LogP contribution in [0.4, 0.5) is 5.69 Å². The first-order valence-electron chi connectivity index (χ1n) is 7.05. The Morgan fingerprint density at radius 1 is 1.14 bits per heavy atom. The standard InChI is InChI=1S/C18H16N2OS/c1-13-6-8-16(9-7-13)22-12-18(21)20-15-10-14-4-2-3-5-17(14)19-11-15/h2-11H,12H2,1H3,(H,20,21). The van der Waals surface area contributed by atoms with E-state index >= 15 is 0 Å². The predicted octanol–water partition coefficient (Wildman–Crippen LogP) is 4.27. The van der Waals surface area contributed by atoms with Crippen LogP contribution in [-0.2, 0) is 4.79 Å². The zero-order chi connectivity index (χ0) is 15.4. The maximum atomic E-state index is 12.0. The number of aromatic nitrogens is 1. The molecule has 0 saturated carbocycles. The van der Waals surface area contributed by atoms with Gasteiger partial charge in [-0.15, -0.1) is 11.8 Å². The molecular formula is C18H16N2OS. The van der Waals surface area contributed by atoms with Crippen LogP contribution >= 0.6 is 11.8 Å². The van der Waals surface area contributed by atoms with E-state index in [0.29, 0.717) is 5.75 Å². The van der Waals surface area contributed by atoms with E-state index < -0.39 is 0 Å². The van der Waals surface area contributed by atoms with Gasteiger partial charge in [0.2, 0.25) is 5.91 Å². The minimum absolute atomic E-state index is 0.0253. The zero-order valence-corrected chi connectivity index (χ0v) is 13.1. The van der Waals surface area contributed by atoms with Crippen LogP contribution in [-0.4, -0.2) is 16.6 Å². The lowest BCUT2D eigenvalue weighted by Crippen LogP contribution is -2.14. The van der Waals surface area contributed by atoms with Crippen molar-refractivity contribution in [2.24, 2.45) is 0 Å². The van der Waals surface area contributed by atoms with E-state index in [4.69, 9.17) is 0 Å². The van der Waals surface area contributed by atoms with Crippen LogP contribution in [0.1, 0.15) is 5.56 Å². The van der Waals surface area contributed by atoms with Gasteiger partial charge >= 0.3 is 0 Å². The maximum absolute atomic E-state index is 12.0. The number of hydrogen-bond donors (Lipinski definition) is 1. The zero-order valence-electron chi connectivity index (χ0n) is 12.2. The van der Waals surface area contributed by atoms with E-state index in [-0.39, 0.29) is 5.91 Å². The lowest BCUT2D eigenvalue weighted by molar-refractivity contribution is -0.113. The van der Waals surface area contributed by atoms with Crippen molar-refractivity contribution in [1.29, 1.82) is 0 Å². The molecule has 22 heavy (non-hydrogen) atoms. The summed E-state index contributed by atoms with van der Waals surface area (Å²) in [5.74, 6) is 0.359. The normalized spacial score (nSPS) is 10.6. The fourth-order valence-corrected chi connectivity index (χ4v) is 2.82. The van der Waals surface area contributed by atoms with E-state index in [1.165, 1.54) is 17.3 Å². The molecule has 0 bridgehead atoms. The number of benzene rings is 2. The lowest BCUT2D eigenvalue weighted by atomic mass is 10.2. The molecule has 0 aliphatic rings. The third-order valence-electron chi connectivity index (χ3n) is 3.27. The molecule has 3 nitrogen and oxygen atoms in total. The van der Waals surface area contributed by atoms with E-state index in [1.54, 1.807) is 6.20 Å². The van der Waals surface area contributed by atoms with Crippen LogP contribution in [0.5, 0.6) is 0 Å². The van der Waals surface area contributed by atoms with Gasteiger partial charge < -0.3 is 5.32 Å². The second-order valence-corrected chi connectivity index (χ2v) is 6.12. The number of anilines is 1. The smallest absolute Gasteiger partial charge is 0.234 e. The number of carbonyl (C=O) groups is 1. The average Bonchev–Trinajstić information content (AvgIpc) is 2.54. The molecule has 1 N–H and O–H groups in total. The Hall–Kier alpha value is -2.33. The van der Waals surface area contributed by atoms with E-state index in [9.17, 15) is 4.79 Å². The van der Waals surface area contributed by atoms with Crippen molar-refractivity contribution in [1.82, 2.24) is 4.98 Å². The molecule has 0 saturated heterocycles.